The molecule has 0 saturated heterocycles. The molecule has 36 heavy (non-hydrogen) atoms. The zero-order valence-electron chi connectivity index (χ0n) is 20.3. The van der Waals surface area contributed by atoms with Crippen LogP contribution in [-0.2, 0) is 16.8 Å². The van der Waals surface area contributed by atoms with Gasteiger partial charge < -0.3 is 14.2 Å². The van der Waals surface area contributed by atoms with E-state index in [9.17, 15) is 0 Å². The number of hydrogen-bond acceptors (Lipinski definition) is 3. The highest BCUT2D eigenvalue weighted by molar-refractivity contribution is 5.91. The smallest absolute Gasteiger partial charge is 0.201 e. The second-order valence-electron chi connectivity index (χ2n) is 9.13. The molecule has 0 bridgehead atoms. The summed E-state index contributed by atoms with van der Waals surface area (Å²) in [7, 11) is 1.71. The summed E-state index contributed by atoms with van der Waals surface area (Å²) in [6, 6.07) is 41.9. The predicted octanol–water partition coefficient (Wildman–Crippen LogP) is 7.51. The van der Waals surface area contributed by atoms with E-state index in [1.807, 2.05) is 30.3 Å². The van der Waals surface area contributed by atoms with Crippen LogP contribution < -0.4 is 9.47 Å². The Kier molecular flexibility index (Phi) is 5.92. The van der Waals surface area contributed by atoms with E-state index in [4.69, 9.17) is 14.2 Å². The molecule has 0 amide bonds. The van der Waals surface area contributed by atoms with Gasteiger partial charge in [0.25, 0.3) is 0 Å². The second kappa shape index (κ2) is 9.52. The molecule has 0 saturated carbocycles. The predicted molar refractivity (Wildman–Crippen MR) is 144 cm³/mol. The third-order valence-electron chi connectivity index (χ3n) is 6.98. The van der Waals surface area contributed by atoms with Crippen LogP contribution in [0.4, 0.5) is 0 Å². The van der Waals surface area contributed by atoms with Crippen LogP contribution in [-0.4, -0.2) is 13.4 Å². The molecule has 1 aliphatic heterocycles. The van der Waals surface area contributed by atoms with Crippen LogP contribution in [0.15, 0.2) is 121 Å². The van der Waals surface area contributed by atoms with Gasteiger partial charge in [0, 0.05) is 17.4 Å². The molecule has 3 heteroatoms. The van der Waals surface area contributed by atoms with Crippen molar-refractivity contribution in [3.63, 3.8) is 0 Å². The van der Waals surface area contributed by atoms with E-state index < -0.39 is 11.9 Å². The lowest BCUT2D eigenvalue weighted by molar-refractivity contribution is -0.165. The van der Waals surface area contributed by atoms with Gasteiger partial charge in [0.1, 0.15) is 11.5 Å². The highest BCUT2D eigenvalue weighted by Crippen LogP contribution is 2.50. The van der Waals surface area contributed by atoms with E-state index in [2.05, 4.69) is 91.0 Å². The van der Waals surface area contributed by atoms with Crippen molar-refractivity contribution in [2.45, 2.75) is 24.7 Å². The van der Waals surface area contributed by atoms with Gasteiger partial charge in [0.2, 0.25) is 6.29 Å². The van der Waals surface area contributed by atoms with Gasteiger partial charge in [-0.3, -0.25) is 0 Å². The lowest BCUT2D eigenvalue weighted by Gasteiger charge is -2.43. The maximum absolute atomic E-state index is 7.05. The SMILES string of the molecule is COc1cccc2cc3c(cc12)OC(CCc1ccccc1)OC3(c1ccccc1)c1ccccc1. The number of aryl methyl sites for hydroxylation is 1. The van der Waals surface area contributed by atoms with Crippen molar-refractivity contribution < 1.29 is 14.2 Å². The second-order valence-corrected chi connectivity index (χ2v) is 9.13. The van der Waals surface area contributed by atoms with Crippen LogP contribution in [0.2, 0.25) is 0 Å². The lowest BCUT2D eigenvalue weighted by Crippen LogP contribution is -2.43. The monoisotopic (exact) mass is 472 g/mol. The van der Waals surface area contributed by atoms with Crippen LogP contribution in [0.1, 0.15) is 28.7 Å². The Balaban J connectivity index is 1.56. The van der Waals surface area contributed by atoms with E-state index >= 15 is 0 Å². The number of hydrogen-bond donors (Lipinski definition) is 0. The maximum Gasteiger partial charge on any atom is 0.201 e. The highest BCUT2D eigenvalue weighted by atomic mass is 16.7. The zero-order chi connectivity index (χ0) is 24.4. The quantitative estimate of drug-likeness (QED) is 0.256. The van der Waals surface area contributed by atoms with Crippen molar-refractivity contribution in [2.75, 3.05) is 7.11 Å². The minimum atomic E-state index is -0.811. The first-order valence-corrected chi connectivity index (χ1v) is 12.4. The molecule has 178 valence electrons. The molecule has 5 aromatic carbocycles. The van der Waals surface area contributed by atoms with Crippen molar-refractivity contribution in [1.82, 2.24) is 0 Å². The van der Waals surface area contributed by atoms with E-state index in [1.165, 1.54) is 5.56 Å². The van der Waals surface area contributed by atoms with Crippen LogP contribution >= 0.6 is 0 Å². The molecule has 6 rings (SSSR count). The van der Waals surface area contributed by atoms with Gasteiger partial charge in [0.15, 0.2) is 5.60 Å². The summed E-state index contributed by atoms with van der Waals surface area (Å²) in [5, 5.41) is 2.11. The fourth-order valence-corrected chi connectivity index (χ4v) is 5.26. The first-order chi connectivity index (χ1) is 17.8. The van der Waals surface area contributed by atoms with Crippen molar-refractivity contribution in [3.8, 4) is 11.5 Å². The molecule has 1 aliphatic rings. The highest BCUT2D eigenvalue weighted by Gasteiger charge is 2.46. The zero-order valence-corrected chi connectivity index (χ0v) is 20.3. The molecule has 1 atom stereocenters. The molecule has 3 nitrogen and oxygen atoms in total. The maximum atomic E-state index is 7.05. The van der Waals surface area contributed by atoms with Crippen molar-refractivity contribution in [3.05, 3.63) is 144 Å². The largest absolute Gasteiger partial charge is 0.496 e. The fourth-order valence-electron chi connectivity index (χ4n) is 5.26. The Morgan fingerprint density at radius 2 is 1.36 bits per heavy atom. The van der Waals surface area contributed by atoms with Gasteiger partial charge in [-0.2, -0.15) is 0 Å². The molecule has 1 unspecified atom stereocenters. The minimum Gasteiger partial charge on any atom is -0.496 e. The van der Waals surface area contributed by atoms with E-state index in [0.717, 1.165) is 51.8 Å². The van der Waals surface area contributed by atoms with Crippen molar-refractivity contribution >= 4 is 10.8 Å². The molecular weight excluding hydrogens is 444 g/mol. The van der Waals surface area contributed by atoms with E-state index in [1.54, 1.807) is 7.11 Å². The molecule has 1 heterocycles. The summed E-state index contributed by atoms with van der Waals surface area (Å²) >= 11 is 0. The van der Waals surface area contributed by atoms with Gasteiger partial charge in [0.05, 0.1) is 7.11 Å². The number of rotatable bonds is 6. The van der Waals surface area contributed by atoms with Gasteiger partial charge in [-0.05, 0) is 46.7 Å². The molecule has 0 radical (unpaired) electrons. The third kappa shape index (κ3) is 3.92. The van der Waals surface area contributed by atoms with E-state index in [0.29, 0.717) is 0 Å². The average molecular weight is 473 g/mol. The van der Waals surface area contributed by atoms with Gasteiger partial charge in [-0.25, -0.2) is 0 Å². The van der Waals surface area contributed by atoms with Crippen LogP contribution in [0, 0.1) is 0 Å². The molecule has 0 fully saturated rings. The number of fused-ring (bicyclic) bond motifs is 2. The minimum absolute atomic E-state index is 0.426. The molecule has 5 aromatic rings. The van der Waals surface area contributed by atoms with Crippen LogP contribution in [0.5, 0.6) is 11.5 Å². The summed E-state index contributed by atoms with van der Waals surface area (Å²) < 4.78 is 19.3. The molecule has 0 spiro atoms. The fraction of sp³-hybridized carbons (Fsp3) is 0.152. The Hall–Kier alpha value is -4.08. The lowest BCUT2D eigenvalue weighted by atomic mass is 9.78. The molecule has 0 N–H and O–H groups in total. The Morgan fingerprint density at radius 3 is 2.00 bits per heavy atom. The summed E-state index contributed by atoms with van der Waals surface area (Å²) in [4.78, 5) is 0. The van der Waals surface area contributed by atoms with Gasteiger partial charge in [-0.1, -0.05) is 103 Å². The topological polar surface area (TPSA) is 27.7 Å². The Bertz CT molecular complexity index is 1420. The summed E-state index contributed by atoms with van der Waals surface area (Å²) in [6.45, 7) is 0. The average Bonchev–Trinajstić information content (AvgIpc) is 2.95. The first-order valence-electron chi connectivity index (χ1n) is 12.4. The van der Waals surface area contributed by atoms with Crippen LogP contribution in [0.3, 0.4) is 0 Å². The standard InChI is InChI=1S/C33H28O3/c1-34-30-19-11-14-25-22-29-31(23-28(25)30)35-32(21-20-24-12-5-2-6-13-24)36-33(29,26-15-7-3-8-16-26)27-17-9-4-10-18-27/h2-19,22-23,32H,20-21H2,1H3. The molecule has 0 aromatic heterocycles. The summed E-state index contributed by atoms with van der Waals surface area (Å²) in [5.41, 5.74) is 3.60. The number of ether oxygens (including phenoxy) is 3. The molecule has 0 aliphatic carbocycles. The van der Waals surface area contributed by atoms with Crippen molar-refractivity contribution in [1.29, 1.82) is 0 Å². The summed E-state index contributed by atoms with van der Waals surface area (Å²) in [5.74, 6) is 1.65. The Labute approximate surface area is 211 Å². The van der Waals surface area contributed by atoms with E-state index in [-0.39, 0.29) is 0 Å². The van der Waals surface area contributed by atoms with Gasteiger partial charge >= 0.3 is 0 Å². The normalized spacial score (nSPS) is 16.2. The number of methoxy groups -OCH3 is 1. The summed E-state index contributed by atoms with van der Waals surface area (Å²) in [6.07, 6.45) is 1.16. The van der Waals surface area contributed by atoms with Crippen molar-refractivity contribution in [2.24, 2.45) is 0 Å². The Morgan fingerprint density at radius 1 is 0.722 bits per heavy atom. The first kappa shape index (κ1) is 22.4. The van der Waals surface area contributed by atoms with Gasteiger partial charge in [-0.15, -0.1) is 0 Å². The molecular formula is C33H28O3. The third-order valence-corrected chi connectivity index (χ3v) is 6.98. The number of benzene rings is 5. The van der Waals surface area contributed by atoms with Crippen LogP contribution in [0.25, 0.3) is 10.8 Å².